The SMILES string of the molecule is Cc1c(C(=O)N2CCC(C(=O)O)(c3ccccc3)CC2)oc2ccc(Cl)cc12. The van der Waals surface area contributed by atoms with Gasteiger partial charge in [-0.2, -0.15) is 0 Å². The predicted molar refractivity (Wildman–Crippen MR) is 107 cm³/mol. The number of amides is 1. The highest BCUT2D eigenvalue weighted by molar-refractivity contribution is 6.31. The average Bonchev–Trinajstić information content (AvgIpc) is 3.04. The molecule has 1 N–H and O–H groups in total. The molecule has 0 spiro atoms. The Morgan fingerprint density at radius 3 is 2.43 bits per heavy atom. The van der Waals surface area contributed by atoms with Crippen molar-refractivity contribution in [3.63, 3.8) is 0 Å². The number of carboxylic acid groups (broad SMARTS) is 1. The first kappa shape index (κ1) is 18.6. The molecule has 0 radical (unpaired) electrons. The fraction of sp³-hybridized carbons (Fsp3) is 0.273. The highest BCUT2D eigenvalue weighted by Gasteiger charge is 2.44. The zero-order valence-electron chi connectivity index (χ0n) is 15.4. The molecule has 144 valence electrons. The number of hydrogen-bond donors (Lipinski definition) is 1. The molecule has 1 aliphatic heterocycles. The molecule has 0 atom stereocenters. The quantitative estimate of drug-likeness (QED) is 0.698. The molecule has 28 heavy (non-hydrogen) atoms. The van der Waals surface area contributed by atoms with E-state index in [1.54, 1.807) is 23.1 Å². The number of carbonyl (C=O) groups is 2. The molecule has 1 amide bonds. The number of nitrogens with zero attached hydrogens (tertiary/aromatic N) is 1. The van der Waals surface area contributed by atoms with Crippen molar-refractivity contribution in [2.45, 2.75) is 25.2 Å². The molecule has 5 nitrogen and oxygen atoms in total. The summed E-state index contributed by atoms with van der Waals surface area (Å²) in [5, 5.41) is 11.3. The summed E-state index contributed by atoms with van der Waals surface area (Å²) >= 11 is 6.05. The smallest absolute Gasteiger partial charge is 0.314 e. The van der Waals surface area contributed by atoms with Crippen LogP contribution in [0.25, 0.3) is 11.0 Å². The van der Waals surface area contributed by atoms with Crippen molar-refractivity contribution >= 4 is 34.4 Å². The minimum Gasteiger partial charge on any atom is -0.481 e. The molecule has 3 aromatic rings. The maximum Gasteiger partial charge on any atom is 0.314 e. The van der Waals surface area contributed by atoms with Gasteiger partial charge in [-0.1, -0.05) is 41.9 Å². The zero-order chi connectivity index (χ0) is 19.9. The Hall–Kier alpha value is -2.79. The molecule has 0 saturated carbocycles. The van der Waals surface area contributed by atoms with Crippen LogP contribution >= 0.6 is 11.6 Å². The average molecular weight is 398 g/mol. The second-order valence-corrected chi connectivity index (χ2v) is 7.68. The second kappa shape index (κ2) is 6.99. The van der Waals surface area contributed by atoms with E-state index in [9.17, 15) is 14.7 Å². The second-order valence-electron chi connectivity index (χ2n) is 7.24. The third-order valence-corrected chi connectivity index (χ3v) is 5.97. The molecule has 4 rings (SSSR count). The van der Waals surface area contributed by atoms with E-state index in [1.165, 1.54) is 0 Å². The van der Waals surface area contributed by atoms with Gasteiger partial charge in [-0.15, -0.1) is 0 Å². The van der Waals surface area contributed by atoms with E-state index in [0.717, 1.165) is 16.5 Å². The zero-order valence-corrected chi connectivity index (χ0v) is 16.2. The van der Waals surface area contributed by atoms with E-state index in [1.807, 2.05) is 37.3 Å². The lowest BCUT2D eigenvalue weighted by Gasteiger charge is -2.39. The topological polar surface area (TPSA) is 70.8 Å². The molecule has 0 aliphatic carbocycles. The maximum absolute atomic E-state index is 13.0. The molecule has 1 aromatic heterocycles. The molecule has 2 heterocycles. The van der Waals surface area contributed by atoms with Gasteiger partial charge in [-0.3, -0.25) is 9.59 Å². The monoisotopic (exact) mass is 397 g/mol. The van der Waals surface area contributed by atoms with Gasteiger partial charge in [0, 0.05) is 29.1 Å². The van der Waals surface area contributed by atoms with E-state index in [0.29, 0.717) is 42.3 Å². The van der Waals surface area contributed by atoms with Gasteiger partial charge in [-0.05, 0) is 43.5 Å². The van der Waals surface area contributed by atoms with Crippen molar-refractivity contribution in [3.8, 4) is 0 Å². The first-order chi connectivity index (χ1) is 13.4. The Bertz CT molecular complexity index is 1050. The lowest BCUT2D eigenvalue weighted by Crippen LogP contribution is -2.49. The Kier molecular flexibility index (Phi) is 4.63. The number of furan rings is 1. The molecule has 0 bridgehead atoms. The lowest BCUT2D eigenvalue weighted by atomic mass is 9.73. The molecule has 1 fully saturated rings. The van der Waals surface area contributed by atoms with Crippen LogP contribution in [-0.2, 0) is 10.2 Å². The summed E-state index contributed by atoms with van der Waals surface area (Å²) in [6.45, 7) is 2.55. The van der Waals surface area contributed by atoms with Gasteiger partial charge < -0.3 is 14.4 Å². The molecule has 1 saturated heterocycles. The van der Waals surface area contributed by atoms with Gasteiger partial charge in [0.2, 0.25) is 0 Å². The molecule has 2 aromatic carbocycles. The number of rotatable bonds is 3. The lowest BCUT2D eigenvalue weighted by molar-refractivity contribution is -0.145. The van der Waals surface area contributed by atoms with Crippen molar-refractivity contribution in [2.24, 2.45) is 0 Å². The van der Waals surface area contributed by atoms with E-state index in [4.69, 9.17) is 16.0 Å². The summed E-state index contributed by atoms with van der Waals surface area (Å²) in [6.07, 6.45) is 0.729. The van der Waals surface area contributed by atoms with Gasteiger partial charge >= 0.3 is 5.97 Å². The van der Waals surface area contributed by atoms with Crippen LogP contribution in [0.15, 0.2) is 52.9 Å². The van der Waals surface area contributed by atoms with E-state index >= 15 is 0 Å². The van der Waals surface area contributed by atoms with Crippen LogP contribution in [0.5, 0.6) is 0 Å². The Morgan fingerprint density at radius 1 is 1.11 bits per heavy atom. The normalized spacial score (nSPS) is 16.3. The van der Waals surface area contributed by atoms with E-state index in [2.05, 4.69) is 0 Å². The number of benzene rings is 2. The Morgan fingerprint density at radius 2 is 1.79 bits per heavy atom. The van der Waals surface area contributed by atoms with Gasteiger partial charge in [0.1, 0.15) is 5.58 Å². The summed E-state index contributed by atoms with van der Waals surface area (Å²) < 4.78 is 5.79. The van der Waals surface area contributed by atoms with Gasteiger partial charge in [0.25, 0.3) is 5.91 Å². The molecule has 1 aliphatic rings. The fourth-order valence-electron chi connectivity index (χ4n) is 4.02. The highest BCUT2D eigenvalue weighted by Crippen LogP contribution is 2.37. The van der Waals surface area contributed by atoms with Crippen molar-refractivity contribution < 1.29 is 19.1 Å². The minimum atomic E-state index is -0.964. The van der Waals surface area contributed by atoms with Crippen molar-refractivity contribution in [1.82, 2.24) is 4.90 Å². The minimum absolute atomic E-state index is 0.211. The summed E-state index contributed by atoms with van der Waals surface area (Å²) in [5.74, 6) is -0.767. The van der Waals surface area contributed by atoms with Crippen molar-refractivity contribution in [2.75, 3.05) is 13.1 Å². The van der Waals surface area contributed by atoms with Crippen LogP contribution < -0.4 is 0 Å². The number of hydrogen-bond acceptors (Lipinski definition) is 3. The number of likely N-dealkylation sites (tertiary alicyclic amines) is 1. The largest absolute Gasteiger partial charge is 0.481 e. The van der Waals surface area contributed by atoms with Crippen LogP contribution in [0.2, 0.25) is 5.02 Å². The molecule has 0 unspecified atom stereocenters. The van der Waals surface area contributed by atoms with Crippen LogP contribution in [0.3, 0.4) is 0 Å². The summed E-state index contributed by atoms with van der Waals surface area (Å²) in [7, 11) is 0. The summed E-state index contributed by atoms with van der Waals surface area (Å²) in [4.78, 5) is 26.8. The first-order valence-electron chi connectivity index (χ1n) is 9.19. The molecular formula is C22H20ClNO4. The number of aliphatic carboxylic acids is 1. The van der Waals surface area contributed by atoms with Gasteiger partial charge in [0.05, 0.1) is 5.41 Å². The maximum atomic E-state index is 13.0. The number of carboxylic acids is 1. The van der Waals surface area contributed by atoms with Crippen molar-refractivity contribution in [3.05, 3.63) is 70.4 Å². The van der Waals surface area contributed by atoms with E-state index < -0.39 is 11.4 Å². The third kappa shape index (κ3) is 2.96. The van der Waals surface area contributed by atoms with E-state index in [-0.39, 0.29) is 5.91 Å². The Balaban J connectivity index is 1.59. The number of carbonyl (C=O) groups excluding carboxylic acids is 1. The third-order valence-electron chi connectivity index (χ3n) is 5.73. The van der Waals surface area contributed by atoms with Crippen LogP contribution in [-0.4, -0.2) is 35.0 Å². The first-order valence-corrected chi connectivity index (χ1v) is 9.57. The number of aryl methyl sites for hydroxylation is 1. The number of fused-ring (bicyclic) bond motifs is 1. The summed E-state index contributed by atoms with van der Waals surface area (Å²) in [5.41, 5.74) is 1.19. The Labute approximate surface area is 167 Å². The van der Waals surface area contributed by atoms with Gasteiger partial charge in [0.15, 0.2) is 5.76 Å². The number of halogens is 1. The van der Waals surface area contributed by atoms with Crippen LogP contribution in [0.4, 0.5) is 0 Å². The molecular weight excluding hydrogens is 378 g/mol. The van der Waals surface area contributed by atoms with Crippen LogP contribution in [0, 0.1) is 6.92 Å². The summed E-state index contributed by atoms with van der Waals surface area (Å²) in [6, 6.07) is 14.5. The van der Waals surface area contributed by atoms with Crippen molar-refractivity contribution in [1.29, 1.82) is 0 Å². The predicted octanol–water partition coefficient (Wildman–Crippen LogP) is 4.65. The fourth-order valence-corrected chi connectivity index (χ4v) is 4.19. The number of piperidine rings is 1. The van der Waals surface area contributed by atoms with Gasteiger partial charge in [-0.25, -0.2) is 0 Å². The molecule has 6 heteroatoms. The highest BCUT2D eigenvalue weighted by atomic mass is 35.5. The van der Waals surface area contributed by atoms with Crippen LogP contribution in [0.1, 0.15) is 34.5 Å². The standard InChI is InChI=1S/C22H20ClNO4/c1-14-17-13-16(23)7-8-18(17)28-19(14)20(25)24-11-9-22(10-12-24,21(26)27)15-5-3-2-4-6-15/h2-8,13H,9-12H2,1H3,(H,26,27).